The quantitative estimate of drug-likeness (QED) is 0.532. The van der Waals surface area contributed by atoms with E-state index in [9.17, 15) is 4.79 Å². The van der Waals surface area contributed by atoms with Crippen LogP contribution < -0.4 is 4.74 Å². The normalized spacial score (nSPS) is 16.9. The first-order valence-corrected chi connectivity index (χ1v) is 10.2. The van der Waals surface area contributed by atoms with Crippen molar-refractivity contribution in [2.45, 2.75) is 18.4 Å². The van der Waals surface area contributed by atoms with Gasteiger partial charge in [0.2, 0.25) is 0 Å². The van der Waals surface area contributed by atoms with Crippen LogP contribution in [0.5, 0.6) is 5.75 Å². The van der Waals surface area contributed by atoms with Crippen LogP contribution in [-0.2, 0) is 12.6 Å². The zero-order valence-corrected chi connectivity index (χ0v) is 16.6. The van der Waals surface area contributed by atoms with E-state index in [0.717, 1.165) is 46.3 Å². The summed E-state index contributed by atoms with van der Waals surface area (Å²) in [5.74, 6) is 0.939. The molecule has 1 saturated heterocycles. The van der Waals surface area contributed by atoms with E-state index >= 15 is 0 Å². The molecular formula is C23H21N5O2. The number of nitrogens with one attached hydrogen (secondary N) is 1. The average Bonchev–Trinajstić information content (AvgIpc) is 3.41. The Morgan fingerprint density at radius 3 is 2.83 bits per heavy atom. The van der Waals surface area contributed by atoms with Crippen molar-refractivity contribution in [3.05, 3.63) is 66.0 Å². The maximum absolute atomic E-state index is 13.1. The SMILES string of the molecule is Cn1ncc2c1-c1ccccc1OC21CCN(C(=O)c2ccc3[nH]ncc3c2)CC1. The van der Waals surface area contributed by atoms with Crippen LogP contribution in [-0.4, -0.2) is 43.9 Å². The van der Waals surface area contributed by atoms with Gasteiger partial charge < -0.3 is 9.64 Å². The number of carbonyl (C=O) groups is 1. The summed E-state index contributed by atoms with van der Waals surface area (Å²) in [6.45, 7) is 1.28. The lowest BCUT2D eigenvalue weighted by Gasteiger charge is -2.44. The number of ether oxygens (including phenoxy) is 1. The van der Waals surface area contributed by atoms with Crippen molar-refractivity contribution in [1.29, 1.82) is 0 Å². The van der Waals surface area contributed by atoms with Crippen molar-refractivity contribution in [2.75, 3.05) is 13.1 Å². The minimum absolute atomic E-state index is 0.0515. The number of benzene rings is 2. The van der Waals surface area contributed by atoms with Crippen molar-refractivity contribution in [3.63, 3.8) is 0 Å². The molecular weight excluding hydrogens is 378 g/mol. The van der Waals surface area contributed by atoms with Gasteiger partial charge in [0.1, 0.15) is 11.4 Å². The van der Waals surface area contributed by atoms with Crippen molar-refractivity contribution in [1.82, 2.24) is 24.9 Å². The van der Waals surface area contributed by atoms with Crippen molar-refractivity contribution < 1.29 is 9.53 Å². The highest BCUT2D eigenvalue weighted by Crippen LogP contribution is 2.49. The van der Waals surface area contributed by atoms with Crippen LogP contribution in [0.3, 0.4) is 0 Å². The molecule has 1 amide bonds. The third-order valence-electron chi connectivity index (χ3n) is 6.42. The standard InChI is InChI=1S/C23H21N5O2/c1-27-21-17-4-2-3-5-20(17)30-23(18(21)14-25-27)8-10-28(11-9-23)22(29)15-6-7-19-16(12-15)13-24-26-19/h2-7,12-14H,8-11H2,1H3,(H,24,26). The van der Waals surface area contributed by atoms with Crippen LogP contribution in [0.25, 0.3) is 22.2 Å². The van der Waals surface area contributed by atoms with E-state index in [0.29, 0.717) is 18.7 Å². The summed E-state index contributed by atoms with van der Waals surface area (Å²) >= 11 is 0. The summed E-state index contributed by atoms with van der Waals surface area (Å²) in [4.78, 5) is 15.0. The minimum atomic E-state index is -0.441. The van der Waals surface area contributed by atoms with Crippen LogP contribution in [0.2, 0.25) is 0 Å². The second-order valence-electron chi connectivity index (χ2n) is 8.09. The highest BCUT2D eigenvalue weighted by molar-refractivity contribution is 5.98. The molecule has 4 aromatic rings. The number of carbonyl (C=O) groups excluding carboxylic acids is 1. The number of nitrogens with zero attached hydrogens (tertiary/aromatic N) is 4. The Morgan fingerprint density at radius 2 is 1.97 bits per heavy atom. The predicted octanol–water partition coefficient (Wildman–Crippen LogP) is 3.49. The molecule has 0 saturated carbocycles. The summed E-state index contributed by atoms with van der Waals surface area (Å²) in [5, 5.41) is 12.4. The van der Waals surface area contributed by atoms with Gasteiger partial charge in [0.15, 0.2) is 0 Å². The second-order valence-corrected chi connectivity index (χ2v) is 8.09. The largest absolute Gasteiger partial charge is 0.482 e. The van der Waals surface area contributed by atoms with Crippen LogP contribution in [0, 0.1) is 0 Å². The molecule has 6 rings (SSSR count). The molecule has 2 aromatic heterocycles. The fraction of sp³-hybridized carbons (Fsp3) is 0.261. The summed E-state index contributed by atoms with van der Waals surface area (Å²) in [6.07, 6.45) is 5.14. The van der Waals surface area contributed by atoms with Crippen LogP contribution in [0.1, 0.15) is 28.8 Å². The lowest BCUT2D eigenvalue weighted by molar-refractivity contribution is -0.00171. The maximum Gasteiger partial charge on any atom is 0.253 e. The number of amides is 1. The van der Waals surface area contributed by atoms with Gasteiger partial charge in [-0.05, 0) is 30.3 Å². The molecule has 0 atom stereocenters. The van der Waals surface area contributed by atoms with Gasteiger partial charge in [-0.1, -0.05) is 12.1 Å². The first-order valence-electron chi connectivity index (χ1n) is 10.2. The molecule has 0 radical (unpaired) electrons. The molecule has 30 heavy (non-hydrogen) atoms. The summed E-state index contributed by atoms with van der Waals surface area (Å²) < 4.78 is 8.50. The Balaban J connectivity index is 1.29. The number of hydrogen-bond acceptors (Lipinski definition) is 4. The Bertz CT molecular complexity index is 1280. The molecule has 4 heterocycles. The number of rotatable bonds is 1. The number of piperidine rings is 1. The van der Waals surface area contributed by atoms with E-state index in [1.807, 2.05) is 59.2 Å². The van der Waals surface area contributed by atoms with Crippen molar-refractivity contribution >= 4 is 16.8 Å². The van der Waals surface area contributed by atoms with E-state index in [1.54, 1.807) is 6.20 Å². The third-order valence-corrected chi connectivity index (χ3v) is 6.42. The topological polar surface area (TPSA) is 76.0 Å². The molecule has 1 fully saturated rings. The van der Waals surface area contributed by atoms with Gasteiger partial charge in [-0.25, -0.2) is 0 Å². The maximum atomic E-state index is 13.1. The lowest BCUT2D eigenvalue weighted by Crippen LogP contribution is -2.49. The minimum Gasteiger partial charge on any atom is -0.482 e. The Morgan fingerprint density at radius 1 is 1.13 bits per heavy atom. The van der Waals surface area contributed by atoms with Gasteiger partial charge in [-0.15, -0.1) is 0 Å². The summed E-state index contributed by atoms with van der Waals surface area (Å²) in [5.41, 5.74) is 4.49. The summed E-state index contributed by atoms with van der Waals surface area (Å²) in [6, 6.07) is 13.8. The van der Waals surface area contributed by atoms with Gasteiger partial charge in [-0.2, -0.15) is 10.2 Å². The predicted molar refractivity (Wildman–Crippen MR) is 112 cm³/mol. The number of H-pyrrole nitrogens is 1. The van der Waals surface area contributed by atoms with Gasteiger partial charge in [0.05, 0.1) is 23.6 Å². The van der Waals surface area contributed by atoms with E-state index in [4.69, 9.17) is 4.74 Å². The molecule has 2 aliphatic rings. The van der Waals surface area contributed by atoms with E-state index in [-0.39, 0.29) is 5.91 Å². The van der Waals surface area contributed by atoms with Gasteiger partial charge in [-0.3, -0.25) is 14.6 Å². The Labute approximate surface area is 173 Å². The molecule has 0 unspecified atom stereocenters. The molecule has 0 aliphatic carbocycles. The average molecular weight is 399 g/mol. The Kier molecular flexibility index (Phi) is 3.56. The fourth-order valence-corrected chi connectivity index (χ4v) is 4.81. The highest BCUT2D eigenvalue weighted by Gasteiger charge is 2.45. The van der Waals surface area contributed by atoms with Gasteiger partial charge >= 0.3 is 0 Å². The third kappa shape index (κ3) is 2.41. The monoisotopic (exact) mass is 399 g/mol. The molecule has 150 valence electrons. The van der Waals surface area contributed by atoms with Gasteiger partial charge in [0.25, 0.3) is 5.91 Å². The zero-order chi connectivity index (χ0) is 20.3. The van der Waals surface area contributed by atoms with Gasteiger partial charge in [0, 0.05) is 55.1 Å². The van der Waals surface area contributed by atoms with Crippen molar-refractivity contribution in [2.24, 2.45) is 7.05 Å². The molecule has 1 N–H and O–H groups in total. The molecule has 1 spiro atoms. The fourth-order valence-electron chi connectivity index (χ4n) is 4.81. The van der Waals surface area contributed by atoms with Crippen LogP contribution >= 0.6 is 0 Å². The number of para-hydroxylation sites is 1. The number of aromatic amines is 1. The number of aromatic nitrogens is 4. The number of fused-ring (bicyclic) bond motifs is 5. The summed E-state index contributed by atoms with van der Waals surface area (Å²) in [7, 11) is 1.97. The number of aryl methyl sites for hydroxylation is 1. The molecule has 7 heteroatoms. The zero-order valence-electron chi connectivity index (χ0n) is 16.6. The molecule has 7 nitrogen and oxygen atoms in total. The molecule has 2 aromatic carbocycles. The second kappa shape index (κ2) is 6.19. The molecule has 0 bridgehead atoms. The Hall–Kier alpha value is -3.61. The van der Waals surface area contributed by atoms with E-state index in [2.05, 4.69) is 21.4 Å². The van der Waals surface area contributed by atoms with Crippen LogP contribution in [0.15, 0.2) is 54.9 Å². The first kappa shape index (κ1) is 17.3. The number of hydrogen-bond donors (Lipinski definition) is 1. The van der Waals surface area contributed by atoms with Crippen LogP contribution in [0.4, 0.5) is 0 Å². The van der Waals surface area contributed by atoms with E-state index < -0.39 is 5.60 Å². The van der Waals surface area contributed by atoms with E-state index in [1.165, 1.54) is 0 Å². The van der Waals surface area contributed by atoms with Crippen molar-refractivity contribution in [3.8, 4) is 17.0 Å². The molecule has 2 aliphatic heterocycles. The lowest BCUT2D eigenvalue weighted by atomic mass is 9.81. The first-order chi connectivity index (χ1) is 14.6. The smallest absolute Gasteiger partial charge is 0.253 e. The highest BCUT2D eigenvalue weighted by atomic mass is 16.5. The number of likely N-dealkylation sites (tertiary alicyclic amines) is 1.